The third-order valence-electron chi connectivity index (χ3n) is 4.98. The lowest BCUT2D eigenvalue weighted by Gasteiger charge is -2.26. The van der Waals surface area contributed by atoms with E-state index in [-0.39, 0.29) is 6.04 Å². The van der Waals surface area contributed by atoms with Gasteiger partial charge < -0.3 is 19.2 Å². The zero-order chi connectivity index (χ0) is 17.8. The lowest BCUT2D eigenvalue weighted by atomic mass is 10.1. The van der Waals surface area contributed by atoms with Gasteiger partial charge in [0.15, 0.2) is 11.5 Å². The normalized spacial score (nSPS) is 18.7. The SMILES string of the molecule is Clc1cc(CNC[C@@H](c2ccco2)N2CCCC2)cc2c1OCCCO2. The highest BCUT2D eigenvalue weighted by molar-refractivity contribution is 6.32. The second kappa shape index (κ2) is 8.33. The van der Waals surface area contributed by atoms with Gasteiger partial charge in [0.1, 0.15) is 5.76 Å². The Morgan fingerprint density at radius 2 is 1.96 bits per heavy atom. The lowest BCUT2D eigenvalue weighted by Crippen LogP contribution is -2.33. The Labute approximate surface area is 159 Å². The van der Waals surface area contributed by atoms with Gasteiger partial charge in [-0.1, -0.05) is 11.6 Å². The van der Waals surface area contributed by atoms with Crippen LogP contribution in [-0.4, -0.2) is 37.7 Å². The molecule has 0 bridgehead atoms. The number of furan rings is 1. The maximum Gasteiger partial charge on any atom is 0.179 e. The van der Waals surface area contributed by atoms with Crippen molar-refractivity contribution in [2.24, 2.45) is 0 Å². The maximum atomic E-state index is 6.39. The Morgan fingerprint density at radius 3 is 2.77 bits per heavy atom. The smallest absolute Gasteiger partial charge is 0.179 e. The number of halogens is 1. The summed E-state index contributed by atoms with van der Waals surface area (Å²) >= 11 is 6.39. The molecule has 1 aromatic carbocycles. The molecular weight excluding hydrogens is 352 g/mol. The predicted molar refractivity (Wildman–Crippen MR) is 101 cm³/mol. The molecule has 2 aliphatic heterocycles. The fraction of sp³-hybridized carbons (Fsp3) is 0.500. The van der Waals surface area contributed by atoms with Crippen molar-refractivity contribution in [3.05, 3.63) is 46.9 Å². The van der Waals surface area contributed by atoms with Gasteiger partial charge in [0.25, 0.3) is 0 Å². The van der Waals surface area contributed by atoms with E-state index >= 15 is 0 Å². The predicted octanol–water partition coefficient (Wildman–Crippen LogP) is 4.02. The molecule has 6 heteroatoms. The molecule has 1 saturated heterocycles. The van der Waals surface area contributed by atoms with Crippen LogP contribution in [0.4, 0.5) is 0 Å². The molecule has 0 spiro atoms. The monoisotopic (exact) mass is 376 g/mol. The summed E-state index contributed by atoms with van der Waals surface area (Å²) in [4.78, 5) is 2.49. The third-order valence-corrected chi connectivity index (χ3v) is 5.26. The van der Waals surface area contributed by atoms with E-state index in [0.29, 0.717) is 24.0 Å². The Balaban J connectivity index is 1.41. The topological polar surface area (TPSA) is 46.9 Å². The van der Waals surface area contributed by atoms with Crippen molar-refractivity contribution in [3.63, 3.8) is 0 Å². The van der Waals surface area contributed by atoms with Crippen molar-refractivity contribution in [1.82, 2.24) is 10.2 Å². The van der Waals surface area contributed by atoms with Crippen LogP contribution in [0.25, 0.3) is 0 Å². The summed E-state index contributed by atoms with van der Waals surface area (Å²) in [5.41, 5.74) is 1.10. The molecular formula is C20H25ClN2O3. The van der Waals surface area contributed by atoms with Gasteiger partial charge >= 0.3 is 0 Å². The second-order valence-corrected chi connectivity index (χ2v) is 7.27. The van der Waals surface area contributed by atoms with Crippen molar-refractivity contribution in [2.45, 2.75) is 31.8 Å². The molecule has 26 heavy (non-hydrogen) atoms. The highest BCUT2D eigenvalue weighted by Gasteiger charge is 2.25. The first-order valence-corrected chi connectivity index (χ1v) is 9.75. The molecule has 140 valence electrons. The summed E-state index contributed by atoms with van der Waals surface area (Å²) in [5, 5.41) is 4.17. The Kier molecular flexibility index (Phi) is 5.68. The lowest BCUT2D eigenvalue weighted by molar-refractivity contribution is 0.209. The first-order chi connectivity index (χ1) is 12.8. The van der Waals surface area contributed by atoms with Crippen LogP contribution in [0.3, 0.4) is 0 Å². The average molecular weight is 377 g/mol. The molecule has 1 aromatic heterocycles. The van der Waals surface area contributed by atoms with Crippen LogP contribution in [0.2, 0.25) is 5.02 Å². The summed E-state index contributed by atoms with van der Waals surface area (Å²) in [6.07, 6.45) is 5.14. The van der Waals surface area contributed by atoms with Gasteiger partial charge in [0.2, 0.25) is 0 Å². The summed E-state index contributed by atoms with van der Waals surface area (Å²) < 4.78 is 17.2. The molecule has 3 heterocycles. The van der Waals surface area contributed by atoms with Gasteiger partial charge in [-0.05, 0) is 55.8 Å². The minimum Gasteiger partial charge on any atom is -0.489 e. The Bertz CT molecular complexity index is 714. The summed E-state index contributed by atoms with van der Waals surface area (Å²) in [6.45, 7) is 5.12. The number of likely N-dealkylation sites (tertiary alicyclic amines) is 1. The first kappa shape index (κ1) is 17.7. The van der Waals surface area contributed by atoms with E-state index in [1.54, 1.807) is 6.26 Å². The van der Waals surface area contributed by atoms with Gasteiger partial charge in [-0.15, -0.1) is 0 Å². The van der Waals surface area contributed by atoms with Crippen LogP contribution < -0.4 is 14.8 Å². The van der Waals surface area contributed by atoms with Gasteiger partial charge in [0, 0.05) is 19.5 Å². The summed E-state index contributed by atoms with van der Waals surface area (Å²) in [6, 6.07) is 8.28. The molecule has 0 aliphatic carbocycles. The zero-order valence-electron chi connectivity index (χ0n) is 14.9. The number of fused-ring (bicyclic) bond motifs is 1. The van der Waals surface area contributed by atoms with E-state index in [2.05, 4.69) is 16.3 Å². The van der Waals surface area contributed by atoms with E-state index in [9.17, 15) is 0 Å². The second-order valence-electron chi connectivity index (χ2n) is 6.86. The van der Waals surface area contributed by atoms with Gasteiger partial charge in [-0.3, -0.25) is 4.90 Å². The van der Waals surface area contributed by atoms with Crippen LogP contribution >= 0.6 is 11.6 Å². The van der Waals surface area contributed by atoms with Crippen LogP contribution in [0.1, 0.15) is 36.6 Å². The third kappa shape index (κ3) is 4.00. The number of benzene rings is 1. The summed E-state index contributed by atoms with van der Waals surface area (Å²) in [7, 11) is 0. The van der Waals surface area contributed by atoms with Crippen molar-refractivity contribution in [3.8, 4) is 11.5 Å². The highest BCUT2D eigenvalue weighted by Crippen LogP contribution is 2.38. The Hall–Kier alpha value is -1.69. The molecule has 1 fully saturated rings. The quantitative estimate of drug-likeness (QED) is 0.825. The van der Waals surface area contributed by atoms with Crippen LogP contribution in [-0.2, 0) is 6.54 Å². The van der Waals surface area contributed by atoms with E-state index < -0.39 is 0 Å². The number of ether oxygens (including phenoxy) is 2. The molecule has 2 aromatic rings. The number of rotatable bonds is 6. The van der Waals surface area contributed by atoms with E-state index in [0.717, 1.165) is 49.7 Å². The van der Waals surface area contributed by atoms with E-state index in [1.807, 2.05) is 18.2 Å². The minimum atomic E-state index is 0.267. The standard InChI is InChI=1S/C20H25ClN2O3/c21-16-11-15(12-19-20(16)26-10-4-9-25-19)13-22-14-17(18-5-3-8-24-18)23-6-1-2-7-23/h3,5,8,11-12,17,22H,1-2,4,6-7,9-10,13-14H2/t17-/m0/s1. The molecule has 0 amide bonds. The molecule has 2 aliphatic rings. The largest absolute Gasteiger partial charge is 0.489 e. The number of hydrogen-bond donors (Lipinski definition) is 1. The van der Waals surface area contributed by atoms with Gasteiger partial charge in [-0.25, -0.2) is 0 Å². The van der Waals surface area contributed by atoms with Crippen LogP contribution in [0, 0.1) is 0 Å². The fourth-order valence-electron chi connectivity index (χ4n) is 3.68. The molecule has 5 nitrogen and oxygen atoms in total. The average Bonchev–Trinajstić information content (AvgIpc) is 3.30. The van der Waals surface area contributed by atoms with Crippen molar-refractivity contribution < 1.29 is 13.9 Å². The van der Waals surface area contributed by atoms with E-state index in [4.69, 9.17) is 25.5 Å². The highest BCUT2D eigenvalue weighted by atomic mass is 35.5. The number of nitrogens with one attached hydrogen (secondary N) is 1. The Morgan fingerprint density at radius 1 is 1.12 bits per heavy atom. The molecule has 1 atom stereocenters. The van der Waals surface area contributed by atoms with Crippen molar-refractivity contribution in [2.75, 3.05) is 32.8 Å². The number of nitrogens with zero attached hydrogens (tertiary/aromatic N) is 1. The minimum absolute atomic E-state index is 0.267. The molecule has 0 unspecified atom stereocenters. The zero-order valence-corrected chi connectivity index (χ0v) is 15.6. The molecule has 0 saturated carbocycles. The van der Waals surface area contributed by atoms with Crippen LogP contribution in [0.5, 0.6) is 11.5 Å². The van der Waals surface area contributed by atoms with E-state index in [1.165, 1.54) is 12.8 Å². The molecule has 0 radical (unpaired) electrons. The molecule has 4 rings (SSSR count). The van der Waals surface area contributed by atoms with Gasteiger partial charge in [-0.2, -0.15) is 0 Å². The van der Waals surface area contributed by atoms with Crippen molar-refractivity contribution >= 4 is 11.6 Å². The van der Waals surface area contributed by atoms with Gasteiger partial charge in [0.05, 0.1) is 30.5 Å². The molecule has 1 N–H and O–H groups in total. The maximum absolute atomic E-state index is 6.39. The number of hydrogen-bond acceptors (Lipinski definition) is 5. The first-order valence-electron chi connectivity index (χ1n) is 9.37. The fourth-order valence-corrected chi connectivity index (χ4v) is 3.97. The summed E-state index contributed by atoms with van der Waals surface area (Å²) in [5.74, 6) is 2.43. The van der Waals surface area contributed by atoms with Crippen LogP contribution in [0.15, 0.2) is 34.9 Å². The van der Waals surface area contributed by atoms with Crippen molar-refractivity contribution in [1.29, 1.82) is 0 Å².